The lowest BCUT2D eigenvalue weighted by atomic mass is 10.1. The van der Waals surface area contributed by atoms with Crippen LogP contribution in [-0.4, -0.2) is 47.5 Å². The summed E-state index contributed by atoms with van der Waals surface area (Å²) in [5.41, 5.74) is 1.08. The van der Waals surface area contributed by atoms with Crippen molar-refractivity contribution >= 4 is 38.8 Å². The highest BCUT2D eigenvalue weighted by Gasteiger charge is 2.24. The number of nitrogens with zero attached hydrogens (tertiary/aromatic N) is 3. The quantitative estimate of drug-likeness (QED) is 0.433. The van der Waals surface area contributed by atoms with E-state index in [9.17, 15) is 18.0 Å². The van der Waals surface area contributed by atoms with Crippen LogP contribution in [0, 0.1) is 6.92 Å². The van der Waals surface area contributed by atoms with E-state index in [1.165, 1.54) is 31.2 Å². The SMILES string of the molecule is Cc1nc(-c2ncccn2)sc1C(=O)OC(C)C(=O)c1ccc(NS(C)(=O)=O)cc1. The molecule has 0 aliphatic carbocycles. The van der Waals surface area contributed by atoms with E-state index in [-0.39, 0.29) is 10.4 Å². The second-order valence-electron chi connectivity index (χ2n) is 6.37. The van der Waals surface area contributed by atoms with Gasteiger partial charge in [0.15, 0.2) is 16.9 Å². The monoisotopic (exact) mass is 446 g/mol. The highest BCUT2D eigenvalue weighted by atomic mass is 32.2. The number of carbonyl (C=O) groups excluding carboxylic acids is 2. The molecular formula is C19H18N4O5S2. The van der Waals surface area contributed by atoms with Crippen LogP contribution in [0.4, 0.5) is 5.69 Å². The number of Topliss-reactive ketones (excluding diaryl/α,β-unsaturated/α-hetero) is 1. The number of carbonyl (C=O) groups is 2. The third-order valence-corrected chi connectivity index (χ3v) is 5.60. The zero-order chi connectivity index (χ0) is 21.9. The van der Waals surface area contributed by atoms with Crippen LogP contribution in [0.25, 0.3) is 10.8 Å². The van der Waals surface area contributed by atoms with Gasteiger partial charge in [-0.2, -0.15) is 0 Å². The molecule has 156 valence electrons. The number of aromatic nitrogens is 3. The minimum Gasteiger partial charge on any atom is -0.450 e. The molecule has 2 aromatic heterocycles. The Balaban J connectivity index is 1.70. The van der Waals surface area contributed by atoms with Crippen molar-refractivity contribution in [2.75, 3.05) is 11.0 Å². The molecule has 0 aliphatic rings. The third-order valence-electron chi connectivity index (χ3n) is 3.86. The molecule has 0 fully saturated rings. The van der Waals surface area contributed by atoms with Gasteiger partial charge in [-0.15, -0.1) is 11.3 Å². The molecule has 0 spiro atoms. The maximum atomic E-state index is 12.6. The molecular weight excluding hydrogens is 428 g/mol. The number of benzene rings is 1. The lowest BCUT2D eigenvalue weighted by Crippen LogP contribution is -2.24. The van der Waals surface area contributed by atoms with Crippen molar-refractivity contribution in [3.63, 3.8) is 0 Å². The first kappa shape index (κ1) is 21.5. The Morgan fingerprint density at radius 3 is 2.37 bits per heavy atom. The molecule has 0 amide bonds. The Morgan fingerprint density at radius 1 is 1.13 bits per heavy atom. The van der Waals surface area contributed by atoms with Gasteiger partial charge in [0, 0.05) is 23.6 Å². The van der Waals surface area contributed by atoms with Gasteiger partial charge in [0.05, 0.1) is 11.9 Å². The van der Waals surface area contributed by atoms with Gasteiger partial charge in [-0.25, -0.2) is 28.2 Å². The van der Waals surface area contributed by atoms with Gasteiger partial charge in [0.25, 0.3) is 0 Å². The lowest BCUT2D eigenvalue weighted by molar-refractivity contribution is 0.0322. The molecule has 0 radical (unpaired) electrons. The molecule has 0 saturated carbocycles. The third kappa shape index (κ3) is 5.24. The summed E-state index contributed by atoms with van der Waals surface area (Å²) in [5, 5.41) is 0.480. The van der Waals surface area contributed by atoms with Crippen molar-refractivity contribution < 1.29 is 22.7 Å². The molecule has 30 heavy (non-hydrogen) atoms. The number of sulfonamides is 1. The topological polar surface area (TPSA) is 128 Å². The summed E-state index contributed by atoms with van der Waals surface area (Å²) in [6.07, 6.45) is 3.15. The Morgan fingerprint density at radius 2 is 1.77 bits per heavy atom. The molecule has 1 unspecified atom stereocenters. The number of aryl methyl sites for hydroxylation is 1. The van der Waals surface area contributed by atoms with Crippen LogP contribution in [0.15, 0.2) is 42.7 Å². The first-order valence-electron chi connectivity index (χ1n) is 8.72. The average Bonchev–Trinajstić information content (AvgIpc) is 3.09. The van der Waals surface area contributed by atoms with Gasteiger partial charge < -0.3 is 4.74 Å². The zero-order valence-electron chi connectivity index (χ0n) is 16.3. The molecule has 9 nitrogen and oxygen atoms in total. The fourth-order valence-electron chi connectivity index (χ4n) is 2.51. The molecule has 0 saturated heterocycles. The number of ketones is 1. The molecule has 1 atom stereocenters. The predicted molar refractivity (Wildman–Crippen MR) is 112 cm³/mol. The Kier molecular flexibility index (Phi) is 6.22. The number of esters is 1. The van der Waals surface area contributed by atoms with Crippen molar-refractivity contribution in [1.29, 1.82) is 0 Å². The molecule has 0 bridgehead atoms. The Labute approximate surface area is 177 Å². The van der Waals surface area contributed by atoms with Crippen LogP contribution in [0.3, 0.4) is 0 Å². The number of hydrogen-bond donors (Lipinski definition) is 1. The van der Waals surface area contributed by atoms with Gasteiger partial charge in [0.1, 0.15) is 4.88 Å². The summed E-state index contributed by atoms with van der Waals surface area (Å²) in [4.78, 5) is 37.9. The number of ether oxygens (including phenoxy) is 1. The van der Waals surface area contributed by atoms with E-state index >= 15 is 0 Å². The largest absolute Gasteiger partial charge is 0.450 e. The normalized spacial score (nSPS) is 12.2. The maximum absolute atomic E-state index is 12.6. The van der Waals surface area contributed by atoms with E-state index < -0.39 is 27.9 Å². The number of thiazole rings is 1. The number of hydrogen-bond acceptors (Lipinski definition) is 9. The predicted octanol–water partition coefficient (Wildman–Crippen LogP) is 2.71. The van der Waals surface area contributed by atoms with Gasteiger partial charge in [-0.05, 0) is 44.2 Å². The second-order valence-corrected chi connectivity index (χ2v) is 9.12. The molecule has 0 aliphatic heterocycles. The van der Waals surface area contributed by atoms with Crippen LogP contribution < -0.4 is 4.72 Å². The fraction of sp³-hybridized carbons (Fsp3) is 0.211. The van der Waals surface area contributed by atoms with Gasteiger partial charge in [0.2, 0.25) is 15.8 Å². The van der Waals surface area contributed by atoms with E-state index in [4.69, 9.17) is 4.74 Å². The number of anilines is 1. The van der Waals surface area contributed by atoms with Gasteiger partial charge >= 0.3 is 5.97 Å². The first-order valence-corrected chi connectivity index (χ1v) is 11.4. The smallest absolute Gasteiger partial charge is 0.350 e. The van der Waals surface area contributed by atoms with Gasteiger partial charge in [-0.3, -0.25) is 9.52 Å². The summed E-state index contributed by atoms with van der Waals surface area (Å²) in [5.74, 6) is -0.678. The van der Waals surface area contributed by atoms with Crippen molar-refractivity contribution in [3.8, 4) is 10.8 Å². The number of nitrogens with one attached hydrogen (secondary N) is 1. The summed E-state index contributed by atoms with van der Waals surface area (Å²) < 4.78 is 30.1. The van der Waals surface area contributed by atoms with Crippen LogP contribution in [0.1, 0.15) is 32.6 Å². The average molecular weight is 447 g/mol. The standard InChI is InChI=1S/C19H18N4O5S2/c1-11-16(29-18(22-11)17-20-9-4-10-21-17)19(25)28-12(2)15(24)13-5-7-14(8-6-13)23-30(3,26)27/h4-10,12,23H,1-3H3. The molecule has 11 heteroatoms. The summed E-state index contributed by atoms with van der Waals surface area (Å²) in [6.45, 7) is 3.14. The maximum Gasteiger partial charge on any atom is 0.350 e. The summed E-state index contributed by atoms with van der Waals surface area (Å²) >= 11 is 1.09. The molecule has 1 N–H and O–H groups in total. The highest BCUT2D eigenvalue weighted by Crippen LogP contribution is 2.26. The molecule has 3 aromatic rings. The summed E-state index contributed by atoms with van der Waals surface area (Å²) in [6, 6.07) is 7.52. The van der Waals surface area contributed by atoms with Crippen molar-refractivity contribution in [2.45, 2.75) is 20.0 Å². The minimum absolute atomic E-state index is 0.268. The van der Waals surface area contributed by atoms with Crippen molar-refractivity contribution in [1.82, 2.24) is 15.0 Å². The minimum atomic E-state index is -3.41. The fourth-order valence-corrected chi connectivity index (χ4v) is 3.97. The number of rotatable bonds is 7. The zero-order valence-corrected chi connectivity index (χ0v) is 18.0. The van der Waals surface area contributed by atoms with E-state index in [2.05, 4.69) is 19.7 Å². The molecule has 3 rings (SSSR count). The highest BCUT2D eigenvalue weighted by molar-refractivity contribution is 7.92. The van der Waals surface area contributed by atoms with Crippen LogP contribution >= 0.6 is 11.3 Å². The first-order chi connectivity index (χ1) is 14.1. The molecule has 2 heterocycles. The van der Waals surface area contributed by atoms with E-state index in [1.54, 1.807) is 25.4 Å². The van der Waals surface area contributed by atoms with E-state index in [0.717, 1.165) is 17.6 Å². The van der Waals surface area contributed by atoms with Crippen LogP contribution in [0.5, 0.6) is 0 Å². The van der Waals surface area contributed by atoms with Gasteiger partial charge in [-0.1, -0.05) is 0 Å². The summed E-state index contributed by atoms with van der Waals surface area (Å²) in [7, 11) is -3.41. The Hall–Kier alpha value is -3.18. The van der Waals surface area contributed by atoms with E-state index in [1.807, 2.05) is 0 Å². The Bertz CT molecular complexity index is 1180. The molecule has 1 aromatic carbocycles. The lowest BCUT2D eigenvalue weighted by Gasteiger charge is -2.12. The second kappa shape index (κ2) is 8.67. The van der Waals surface area contributed by atoms with Crippen molar-refractivity contribution in [2.24, 2.45) is 0 Å². The van der Waals surface area contributed by atoms with Crippen LogP contribution in [-0.2, 0) is 14.8 Å². The van der Waals surface area contributed by atoms with Crippen molar-refractivity contribution in [3.05, 3.63) is 58.9 Å². The van der Waals surface area contributed by atoms with Crippen LogP contribution in [0.2, 0.25) is 0 Å². The van der Waals surface area contributed by atoms with E-state index in [0.29, 0.717) is 22.2 Å².